The molecule has 0 unspecified atom stereocenters. The highest BCUT2D eigenvalue weighted by Crippen LogP contribution is 2.29. The maximum absolute atomic E-state index is 12.1. The van der Waals surface area contributed by atoms with E-state index in [0.29, 0.717) is 35.4 Å². The number of halogens is 1. The van der Waals surface area contributed by atoms with Gasteiger partial charge >= 0.3 is 0 Å². The van der Waals surface area contributed by atoms with Gasteiger partial charge in [-0.15, -0.1) is 0 Å². The van der Waals surface area contributed by atoms with Crippen molar-refractivity contribution in [2.45, 2.75) is 13.5 Å². The summed E-state index contributed by atoms with van der Waals surface area (Å²) in [6.07, 6.45) is 0. The van der Waals surface area contributed by atoms with E-state index in [0.717, 1.165) is 11.3 Å². The molecule has 3 aromatic carbocycles. The molecular weight excluding hydrogens is 388 g/mol. The van der Waals surface area contributed by atoms with Crippen LogP contribution in [0.2, 0.25) is 5.02 Å². The van der Waals surface area contributed by atoms with E-state index in [2.05, 4.69) is 10.6 Å². The fraction of sp³-hybridized carbons (Fsp3) is 0.174. The number of hydrogen-bond donors (Lipinski definition) is 2. The molecule has 0 aromatic heterocycles. The molecule has 0 aliphatic carbocycles. The van der Waals surface area contributed by atoms with Gasteiger partial charge in [-0.1, -0.05) is 35.9 Å². The summed E-state index contributed by atoms with van der Waals surface area (Å²) in [5, 5.41) is 6.74. The van der Waals surface area contributed by atoms with E-state index < -0.39 is 0 Å². The average Bonchev–Trinajstić information content (AvgIpc) is 2.74. The van der Waals surface area contributed by atoms with Crippen LogP contribution in [-0.4, -0.2) is 19.1 Å². The van der Waals surface area contributed by atoms with Crippen LogP contribution in [0.15, 0.2) is 72.8 Å². The van der Waals surface area contributed by atoms with Gasteiger partial charge in [0, 0.05) is 22.9 Å². The van der Waals surface area contributed by atoms with Crippen LogP contribution in [0.1, 0.15) is 12.5 Å². The SMILES string of the molecule is CCOc1cc(CNc2ccccc2)ccc1OCC(=O)Nc1ccc(Cl)cc1. The zero-order valence-electron chi connectivity index (χ0n) is 16.2. The van der Waals surface area contributed by atoms with Crippen molar-refractivity contribution in [2.75, 3.05) is 23.8 Å². The van der Waals surface area contributed by atoms with E-state index in [1.165, 1.54) is 0 Å². The lowest BCUT2D eigenvalue weighted by molar-refractivity contribution is -0.118. The second-order valence-corrected chi connectivity index (χ2v) is 6.71. The second-order valence-electron chi connectivity index (χ2n) is 6.28. The minimum Gasteiger partial charge on any atom is -0.490 e. The van der Waals surface area contributed by atoms with Gasteiger partial charge < -0.3 is 20.1 Å². The Morgan fingerprint density at radius 3 is 2.38 bits per heavy atom. The number of anilines is 2. The Morgan fingerprint density at radius 1 is 0.897 bits per heavy atom. The molecule has 3 aromatic rings. The van der Waals surface area contributed by atoms with Gasteiger partial charge in [-0.25, -0.2) is 0 Å². The lowest BCUT2D eigenvalue weighted by Gasteiger charge is -2.14. The van der Waals surface area contributed by atoms with Crippen molar-refractivity contribution in [3.05, 3.63) is 83.4 Å². The maximum atomic E-state index is 12.1. The van der Waals surface area contributed by atoms with Crippen LogP contribution in [0.4, 0.5) is 11.4 Å². The molecule has 0 saturated heterocycles. The topological polar surface area (TPSA) is 59.6 Å². The summed E-state index contributed by atoms with van der Waals surface area (Å²) in [7, 11) is 0. The van der Waals surface area contributed by atoms with Crippen LogP contribution in [0.25, 0.3) is 0 Å². The number of hydrogen-bond acceptors (Lipinski definition) is 4. The lowest BCUT2D eigenvalue weighted by atomic mass is 10.2. The van der Waals surface area contributed by atoms with Crippen LogP contribution in [0.3, 0.4) is 0 Å². The first-order valence-electron chi connectivity index (χ1n) is 9.37. The number of rotatable bonds is 9. The molecule has 150 valence electrons. The number of amides is 1. The Labute approximate surface area is 175 Å². The minimum atomic E-state index is -0.260. The van der Waals surface area contributed by atoms with Crippen molar-refractivity contribution in [3.8, 4) is 11.5 Å². The Kier molecular flexibility index (Phi) is 7.36. The zero-order chi connectivity index (χ0) is 20.5. The molecule has 2 N–H and O–H groups in total. The molecule has 29 heavy (non-hydrogen) atoms. The van der Waals surface area contributed by atoms with Gasteiger partial charge in [0.1, 0.15) is 0 Å². The standard InChI is InChI=1S/C23H23ClN2O3/c1-2-28-22-14-17(15-25-19-6-4-3-5-7-19)8-13-21(22)29-16-23(27)26-20-11-9-18(24)10-12-20/h3-14,25H,2,15-16H2,1H3,(H,26,27). The fourth-order valence-electron chi connectivity index (χ4n) is 2.68. The first-order valence-corrected chi connectivity index (χ1v) is 9.74. The van der Waals surface area contributed by atoms with Gasteiger partial charge in [0.05, 0.1) is 6.61 Å². The molecule has 6 heteroatoms. The monoisotopic (exact) mass is 410 g/mol. The van der Waals surface area contributed by atoms with Crippen molar-refractivity contribution in [1.29, 1.82) is 0 Å². The Balaban J connectivity index is 1.59. The summed E-state index contributed by atoms with van der Waals surface area (Å²) in [5.74, 6) is 0.880. The van der Waals surface area contributed by atoms with Gasteiger partial charge in [-0.3, -0.25) is 4.79 Å². The third-order valence-electron chi connectivity index (χ3n) is 4.07. The Bertz CT molecular complexity index is 931. The fourth-order valence-corrected chi connectivity index (χ4v) is 2.81. The molecular formula is C23H23ClN2O3. The number of para-hydroxylation sites is 1. The molecule has 0 fully saturated rings. The predicted octanol–water partition coefficient (Wildman–Crippen LogP) is 5.37. The van der Waals surface area contributed by atoms with Crippen LogP contribution in [-0.2, 0) is 11.3 Å². The number of ether oxygens (including phenoxy) is 2. The molecule has 0 spiro atoms. The first kappa shape index (κ1) is 20.6. The normalized spacial score (nSPS) is 10.3. The molecule has 5 nitrogen and oxygen atoms in total. The summed E-state index contributed by atoms with van der Waals surface area (Å²) in [6, 6.07) is 22.6. The molecule has 3 rings (SSSR count). The van der Waals surface area contributed by atoms with Gasteiger partial charge in [0.25, 0.3) is 5.91 Å². The average molecular weight is 411 g/mol. The lowest BCUT2D eigenvalue weighted by Crippen LogP contribution is -2.20. The highest BCUT2D eigenvalue weighted by molar-refractivity contribution is 6.30. The summed E-state index contributed by atoms with van der Waals surface area (Å²) in [4.78, 5) is 12.1. The van der Waals surface area contributed by atoms with Crippen molar-refractivity contribution < 1.29 is 14.3 Å². The number of benzene rings is 3. The minimum absolute atomic E-state index is 0.121. The van der Waals surface area contributed by atoms with Crippen LogP contribution in [0.5, 0.6) is 11.5 Å². The van der Waals surface area contributed by atoms with Gasteiger partial charge in [-0.05, 0) is 61.0 Å². The third-order valence-corrected chi connectivity index (χ3v) is 4.32. The largest absolute Gasteiger partial charge is 0.490 e. The quantitative estimate of drug-likeness (QED) is 0.498. The van der Waals surface area contributed by atoms with Crippen LogP contribution >= 0.6 is 11.6 Å². The second kappa shape index (κ2) is 10.4. The van der Waals surface area contributed by atoms with Crippen molar-refractivity contribution in [3.63, 3.8) is 0 Å². The summed E-state index contributed by atoms with van der Waals surface area (Å²) < 4.78 is 11.4. The molecule has 0 aliphatic rings. The Morgan fingerprint density at radius 2 is 1.66 bits per heavy atom. The van der Waals surface area contributed by atoms with E-state index in [1.807, 2.05) is 55.5 Å². The molecule has 0 heterocycles. The number of carbonyl (C=O) groups excluding carboxylic acids is 1. The molecule has 0 bridgehead atoms. The number of carbonyl (C=O) groups is 1. The van der Waals surface area contributed by atoms with Crippen molar-refractivity contribution >= 4 is 28.9 Å². The van der Waals surface area contributed by atoms with E-state index in [4.69, 9.17) is 21.1 Å². The van der Waals surface area contributed by atoms with E-state index in [9.17, 15) is 4.79 Å². The Hall–Kier alpha value is -3.18. The van der Waals surface area contributed by atoms with E-state index in [1.54, 1.807) is 24.3 Å². The molecule has 0 aliphatic heterocycles. The van der Waals surface area contributed by atoms with E-state index in [-0.39, 0.29) is 12.5 Å². The summed E-state index contributed by atoms with van der Waals surface area (Å²) >= 11 is 5.85. The summed E-state index contributed by atoms with van der Waals surface area (Å²) in [5.41, 5.74) is 2.76. The van der Waals surface area contributed by atoms with Gasteiger partial charge in [0.15, 0.2) is 18.1 Å². The summed E-state index contributed by atoms with van der Waals surface area (Å²) in [6.45, 7) is 2.94. The molecule has 1 amide bonds. The van der Waals surface area contributed by atoms with Gasteiger partial charge in [-0.2, -0.15) is 0 Å². The van der Waals surface area contributed by atoms with E-state index >= 15 is 0 Å². The smallest absolute Gasteiger partial charge is 0.262 e. The van der Waals surface area contributed by atoms with Gasteiger partial charge in [0.2, 0.25) is 0 Å². The molecule has 0 atom stereocenters. The van der Waals surface area contributed by atoms with Crippen molar-refractivity contribution in [1.82, 2.24) is 0 Å². The third kappa shape index (κ3) is 6.43. The first-order chi connectivity index (χ1) is 14.1. The van der Waals surface area contributed by atoms with Crippen LogP contribution < -0.4 is 20.1 Å². The van der Waals surface area contributed by atoms with Crippen molar-refractivity contribution in [2.24, 2.45) is 0 Å². The maximum Gasteiger partial charge on any atom is 0.262 e. The highest BCUT2D eigenvalue weighted by atomic mass is 35.5. The number of nitrogens with one attached hydrogen (secondary N) is 2. The highest BCUT2D eigenvalue weighted by Gasteiger charge is 2.10. The zero-order valence-corrected chi connectivity index (χ0v) is 16.9. The molecule has 0 saturated carbocycles. The molecule has 0 radical (unpaired) electrons. The predicted molar refractivity (Wildman–Crippen MR) is 117 cm³/mol. The van der Waals surface area contributed by atoms with Crippen LogP contribution in [0, 0.1) is 0 Å².